The van der Waals surface area contributed by atoms with Crippen LogP contribution >= 0.6 is 0 Å². The van der Waals surface area contributed by atoms with Gasteiger partial charge in [0, 0.05) is 0 Å². The Labute approximate surface area is 82.9 Å². The molecule has 0 amide bonds. The first-order valence-corrected chi connectivity index (χ1v) is 5.03. The minimum absolute atomic E-state index is 0.0507. The zero-order valence-corrected chi connectivity index (χ0v) is 8.38. The van der Waals surface area contributed by atoms with Gasteiger partial charge in [-0.15, -0.1) is 0 Å². The summed E-state index contributed by atoms with van der Waals surface area (Å²) in [6.07, 6.45) is 1.63. The molecular weight excluding hydrogens is 179 g/mol. The van der Waals surface area contributed by atoms with Gasteiger partial charge < -0.3 is 4.74 Å². The van der Waals surface area contributed by atoms with E-state index in [-0.39, 0.29) is 17.3 Å². The summed E-state index contributed by atoms with van der Waals surface area (Å²) in [5.41, 5.74) is 2.36. The number of hydrogen-bond acceptors (Lipinski definition) is 1. The van der Waals surface area contributed by atoms with Gasteiger partial charge in [-0.25, -0.2) is 4.39 Å². The number of fused-ring (bicyclic) bond motifs is 3. The van der Waals surface area contributed by atoms with Crippen LogP contribution in [0.3, 0.4) is 0 Å². The number of halogens is 1. The predicted molar refractivity (Wildman–Crippen MR) is 51.7 cm³/mol. The Bertz CT molecular complexity index is 397. The fourth-order valence-corrected chi connectivity index (χ4v) is 2.55. The van der Waals surface area contributed by atoms with Gasteiger partial charge in [-0.1, -0.05) is 19.9 Å². The molecule has 1 aliphatic heterocycles. The molecule has 0 radical (unpaired) electrons. The molecule has 1 fully saturated rings. The topological polar surface area (TPSA) is 12.5 Å². The van der Waals surface area contributed by atoms with Gasteiger partial charge >= 0.3 is 0 Å². The highest BCUT2D eigenvalue weighted by molar-refractivity contribution is 5.41. The molecule has 2 atom stereocenters. The highest BCUT2D eigenvalue weighted by atomic mass is 19.1. The van der Waals surface area contributed by atoms with Crippen molar-refractivity contribution in [2.75, 3.05) is 0 Å². The zero-order valence-electron chi connectivity index (χ0n) is 8.38. The first-order chi connectivity index (χ1) is 6.58. The average molecular weight is 192 g/mol. The molecule has 1 aliphatic carbocycles. The van der Waals surface area contributed by atoms with Crippen molar-refractivity contribution in [2.45, 2.75) is 37.9 Å². The number of benzene rings is 1. The fraction of sp³-hybridized carbons (Fsp3) is 0.500. The third-order valence-electron chi connectivity index (χ3n) is 3.34. The van der Waals surface area contributed by atoms with Crippen molar-refractivity contribution in [2.24, 2.45) is 0 Å². The van der Waals surface area contributed by atoms with Crippen LogP contribution in [0.4, 0.5) is 4.39 Å². The van der Waals surface area contributed by atoms with E-state index in [4.69, 9.17) is 4.74 Å². The lowest BCUT2D eigenvalue weighted by Crippen LogP contribution is -2.25. The number of ether oxygens (including phenoxy) is 1. The van der Waals surface area contributed by atoms with Crippen molar-refractivity contribution in [3.8, 4) is 0 Å². The van der Waals surface area contributed by atoms with E-state index in [1.54, 1.807) is 6.07 Å². The van der Waals surface area contributed by atoms with Gasteiger partial charge in [0.15, 0.2) is 0 Å². The van der Waals surface area contributed by atoms with E-state index in [0.29, 0.717) is 6.10 Å². The van der Waals surface area contributed by atoms with E-state index >= 15 is 0 Å². The van der Waals surface area contributed by atoms with E-state index in [2.05, 4.69) is 13.8 Å². The Morgan fingerprint density at radius 1 is 1.43 bits per heavy atom. The van der Waals surface area contributed by atoms with Crippen LogP contribution in [0.2, 0.25) is 0 Å². The SMILES string of the molecule is CC1(C)CC2OC2c2ccc(F)cc21. The van der Waals surface area contributed by atoms with Gasteiger partial charge in [-0.05, 0) is 35.1 Å². The summed E-state index contributed by atoms with van der Waals surface area (Å²) in [7, 11) is 0. The number of epoxide rings is 1. The molecule has 1 aromatic carbocycles. The molecule has 0 bridgehead atoms. The lowest BCUT2D eigenvalue weighted by molar-refractivity contribution is 0.344. The van der Waals surface area contributed by atoms with E-state index in [1.807, 2.05) is 6.07 Å². The highest BCUT2D eigenvalue weighted by Gasteiger charge is 2.50. The Balaban J connectivity index is 2.20. The van der Waals surface area contributed by atoms with Crippen LogP contribution in [0.15, 0.2) is 18.2 Å². The molecule has 14 heavy (non-hydrogen) atoms. The van der Waals surface area contributed by atoms with Crippen LogP contribution in [0.1, 0.15) is 37.5 Å². The van der Waals surface area contributed by atoms with Crippen molar-refractivity contribution in [1.29, 1.82) is 0 Å². The van der Waals surface area contributed by atoms with E-state index < -0.39 is 0 Å². The Morgan fingerprint density at radius 3 is 3.00 bits per heavy atom. The molecule has 1 aromatic rings. The molecule has 0 saturated carbocycles. The summed E-state index contributed by atoms with van der Waals surface area (Å²) in [5.74, 6) is -0.143. The van der Waals surface area contributed by atoms with Gasteiger partial charge in [0.2, 0.25) is 0 Å². The van der Waals surface area contributed by atoms with Gasteiger partial charge in [0.05, 0.1) is 6.10 Å². The minimum Gasteiger partial charge on any atom is -0.364 e. The first kappa shape index (κ1) is 8.42. The fourth-order valence-electron chi connectivity index (χ4n) is 2.55. The molecule has 3 rings (SSSR count). The summed E-state index contributed by atoms with van der Waals surface area (Å²) < 4.78 is 18.7. The molecule has 1 heterocycles. The van der Waals surface area contributed by atoms with Crippen LogP contribution in [-0.4, -0.2) is 6.10 Å². The van der Waals surface area contributed by atoms with Crippen LogP contribution in [0.5, 0.6) is 0 Å². The molecule has 1 nitrogen and oxygen atoms in total. The average Bonchev–Trinajstić information content (AvgIpc) is 2.82. The molecular formula is C12H13FO. The number of hydrogen-bond donors (Lipinski definition) is 0. The molecule has 2 aliphatic rings. The van der Waals surface area contributed by atoms with E-state index in [1.165, 1.54) is 11.6 Å². The van der Waals surface area contributed by atoms with Crippen molar-refractivity contribution in [3.63, 3.8) is 0 Å². The second kappa shape index (κ2) is 2.37. The Kier molecular flexibility index (Phi) is 1.43. The Hall–Kier alpha value is -0.890. The maximum Gasteiger partial charge on any atom is 0.123 e. The molecule has 2 heteroatoms. The van der Waals surface area contributed by atoms with Crippen LogP contribution in [0, 0.1) is 5.82 Å². The lowest BCUT2D eigenvalue weighted by atomic mass is 9.73. The smallest absolute Gasteiger partial charge is 0.123 e. The normalized spacial score (nSPS) is 31.9. The highest BCUT2D eigenvalue weighted by Crippen LogP contribution is 2.53. The quantitative estimate of drug-likeness (QED) is 0.576. The monoisotopic (exact) mass is 192 g/mol. The van der Waals surface area contributed by atoms with Crippen molar-refractivity contribution >= 4 is 0 Å². The standard InChI is InChI=1S/C12H13FO/c1-12(2)6-10-11(14-10)8-4-3-7(13)5-9(8)12/h3-5,10-11H,6H2,1-2H3. The molecule has 2 unspecified atom stereocenters. The first-order valence-electron chi connectivity index (χ1n) is 5.03. The minimum atomic E-state index is -0.143. The zero-order chi connectivity index (χ0) is 9.92. The predicted octanol–water partition coefficient (Wildman–Crippen LogP) is 2.95. The summed E-state index contributed by atoms with van der Waals surface area (Å²) in [4.78, 5) is 0. The van der Waals surface area contributed by atoms with Crippen LogP contribution in [0.25, 0.3) is 0 Å². The Morgan fingerprint density at radius 2 is 2.21 bits per heavy atom. The van der Waals surface area contributed by atoms with Crippen molar-refractivity contribution in [1.82, 2.24) is 0 Å². The van der Waals surface area contributed by atoms with Crippen LogP contribution < -0.4 is 0 Å². The largest absolute Gasteiger partial charge is 0.364 e. The lowest BCUT2D eigenvalue weighted by Gasteiger charge is -2.29. The molecule has 1 saturated heterocycles. The maximum absolute atomic E-state index is 13.1. The van der Waals surface area contributed by atoms with Crippen molar-refractivity contribution < 1.29 is 9.13 Å². The van der Waals surface area contributed by atoms with E-state index in [0.717, 1.165) is 12.0 Å². The summed E-state index contributed by atoms with van der Waals surface area (Å²) >= 11 is 0. The summed E-state index contributed by atoms with van der Waals surface area (Å²) in [6, 6.07) is 5.06. The third kappa shape index (κ3) is 1.04. The molecule has 0 N–H and O–H groups in total. The molecule has 0 aromatic heterocycles. The van der Waals surface area contributed by atoms with E-state index in [9.17, 15) is 4.39 Å². The van der Waals surface area contributed by atoms with Crippen LogP contribution in [-0.2, 0) is 10.2 Å². The third-order valence-corrected chi connectivity index (χ3v) is 3.34. The maximum atomic E-state index is 13.1. The number of rotatable bonds is 0. The van der Waals surface area contributed by atoms with Crippen molar-refractivity contribution in [3.05, 3.63) is 35.1 Å². The summed E-state index contributed by atoms with van der Waals surface area (Å²) in [6.45, 7) is 4.31. The molecule has 74 valence electrons. The van der Waals surface area contributed by atoms with Gasteiger partial charge in [0.1, 0.15) is 11.9 Å². The summed E-state index contributed by atoms with van der Waals surface area (Å²) in [5, 5.41) is 0. The molecule has 0 spiro atoms. The second-order valence-corrected chi connectivity index (χ2v) is 4.91. The van der Waals surface area contributed by atoms with Gasteiger partial charge in [-0.3, -0.25) is 0 Å². The second-order valence-electron chi connectivity index (χ2n) is 4.91. The van der Waals surface area contributed by atoms with Gasteiger partial charge in [0.25, 0.3) is 0 Å². The van der Waals surface area contributed by atoms with Gasteiger partial charge in [-0.2, -0.15) is 0 Å².